The van der Waals surface area contributed by atoms with Crippen molar-refractivity contribution in [2.45, 2.75) is 32.7 Å². The molecule has 2 rings (SSSR count). The minimum Gasteiger partial charge on any atom is -0.397 e. The fraction of sp³-hybridized carbons (Fsp3) is 0.571. The van der Waals surface area contributed by atoms with E-state index in [9.17, 15) is 4.79 Å². The zero-order valence-corrected chi connectivity index (χ0v) is 11.7. The van der Waals surface area contributed by atoms with Gasteiger partial charge in [0.15, 0.2) is 0 Å². The SMILES string of the molecule is CCN(CC)C(=O)CN(c1ccc(N)cn1)C1CC1. The molecule has 1 aliphatic rings. The Kier molecular flexibility index (Phi) is 4.24. The van der Waals surface area contributed by atoms with Crippen LogP contribution in [0.5, 0.6) is 0 Å². The minimum atomic E-state index is 0.163. The molecule has 1 saturated carbocycles. The number of carbonyl (C=O) groups is 1. The van der Waals surface area contributed by atoms with Gasteiger partial charge >= 0.3 is 0 Å². The molecule has 0 bridgehead atoms. The van der Waals surface area contributed by atoms with Crippen molar-refractivity contribution in [2.24, 2.45) is 0 Å². The number of hydrogen-bond acceptors (Lipinski definition) is 4. The number of nitrogens with zero attached hydrogens (tertiary/aromatic N) is 3. The van der Waals surface area contributed by atoms with Gasteiger partial charge in [-0.15, -0.1) is 0 Å². The topological polar surface area (TPSA) is 62.5 Å². The van der Waals surface area contributed by atoms with Gasteiger partial charge in [-0.2, -0.15) is 0 Å². The number of hydrogen-bond donors (Lipinski definition) is 1. The monoisotopic (exact) mass is 262 g/mol. The van der Waals surface area contributed by atoms with E-state index >= 15 is 0 Å². The molecule has 0 saturated heterocycles. The fourth-order valence-corrected chi connectivity index (χ4v) is 2.17. The van der Waals surface area contributed by atoms with E-state index in [2.05, 4.69) is 9.88 Å². The summed E-state index contributed by atoms with van der Waals surface area (Å²) in [6, 6.07) is 4.18. The number of rotatable bonds is 6. The van der Waals surface area contributed by atoms with E-state index in [1.165, 1.54) is 0 Å². The Morgan fingerprint density at radius 1 is 1.37 bits per heavy atom. The normalized spacial score (nSPS) is 14.2. The first kappa shape index (κ1) is 13.6. The van der Waals surface area contributed by atoms with Gasteiger partial charge in [-0.3, -0.25) is 4.79 Å². The first-order chi connectivity index (χ1) is 9.15. The molecule has 1 heterocycles. The van der Waals surface area contributed by atoms with Crippen molar-refractivity contribution in [1.82, 2.24) is 9.88 Å². The fourth-order valence-electron chi connectivity index (χ4n) is 2.17. The lowest BCUT2D eigenvalue weighted by Gasteiger charge is -2.26. The van der Waals surface area contributed by atoms with Crippen LogP contribution in [0, 0.1) is 0 Å². The van der Waals surface area contributed by atoms with E-state index in [4.69, 9.17) is 5.73 Å². The summed E-state index contributed by atoms with van der Waals surface area (Å²) >= 11 is 0. The van der Waals surface area contributed by atoms with Gasteiger partial charge < -0.3 is 15.5 Å². The Morgan fingerprint density at radius 2 is 2.05 bits per heavy atom. The number of pyridine rings is 1. The molecule has 0 aliphatic heterocycles. The molecule has 19 heavy (non-hydrogen) atoms. The highest BCUT2D eigenvalue weighted by atomic mass is 16.2. The summed E-state index contributed by atoms with van der Waals surface area (Å²) in [6.45, 7) is 5.92. The van der Waals surface area contributed by atoms with Crippen molar-refractivity contribution in [3.63, 3.8) is 0 Å². The number of amides is 1. The molecule has 2 N–H and O–H groups in total. The third kappa shape index (κ3) is 3.36. The summed E-state index contributed by atoms with van der Waals surface area (Å²) < 4.78 is 0. The molecule has 1 fully saturated rings. The third-order valence-corrected chi connectivity index (χ3v) is 3.47. The summed E-state index contributed by atoms with van der Waals surface area (Å²) in [5.41, 5.74) is 6.30. The predicted molar refractivity (Wildman–Crippen MR) is 76.9 cm³/mol. The maximum absolute atomic E-state index is 12.2. The molecule has 1 aromatic rings. The predicted octanol–water partition coefficient (Wildman–Crippen LogP) is 1.50. The number of aromatic nitrogens is 1. The van der Waals surface area contributed by atoms with Crippen LogP contribution in [0.25, 0.3) is 0 Å². The lowest BCUT2D eigenvalue weighted by molar-refractivity contribution is -0.129. The molecular formula is C14H22N4O. The van der Waals surface area contributed by atoms with Crippen LogP contribution < -0.4 is 10.6 Å². The van der Waals surface area contributed by atoms with Crippen molar-refractivity contribution in [3.8, 4) is 0 Å². The van der Waals surface area contributed by atoms with Crippen LogP contribution in [0.3, 0.4) is 0 Å². The second-order valence-electron chi connectivity index (χ2n) is 4.87. The van der Waals surface area contributed by atoms with Gasteiger partial charge in [0, 0.05) is 19.1 Å². The van der Waals surface area contributed by atoms with Gasteiger partial charge in [-0.25, -0.2) is 4.98 Å². The Bertz CT molecular complexity index is 424. The molecule has 0 atom stereocenters. The summed E-state index contributed by atoms with van der Waals surface area (Å²) in [7, 11) is 0. The van der Waals surface area contributed by atoms with E-state index in [1.807, 2.05) is 30.9 Å². The molecule has 0 radical (unpaired) electrons. The summed E-state index contributed by atoms with van der Waals surface area (Å²) in [5, 5.41) is 0. The molecule has 0 aromatic carbocycles. The van der Waals surface area contributed by atoms with Crippen LogP contribution in [0.1, 0.15) is 26.7 Å². The molecule has 1 aromatic heterocycles. The van der Waals surface area contributed by atoms with Crippen LogP contribution in [0.4, 0.5) is 11.5 Å². The van der Waals surface area contributed by atoms with Gasteiger partial charge in [0.05, 0.1) is 18.4 Å². The van der Waals surface area contributed by atoms with Crippen LogP contribution in [0.2, 0.25) is 0 Å². The van der Waals surface area contributed by atoms with Crippen LogP contribution in [0.15, 0.2) is 18.3 Å². The van der Waals surface area contributed by atoms with Crippen molar-refractivity contribution in [3.05, 3.63) is 18.3 Å². The number of anilines is 2. The summed E-state index contributed by atoms with van der Waals surface area (Å²) in [5.74, 6) is 1.01. The number of likely N-dealkylation sites (N-methyl/N-ethyl adjacent to an activating group) is 1. The van der Waals surface area contributed by atoms with E-state index in [0.717, 1.165) is 31.7 Å². The third-order valence-electron chi connectivity index (χ3n) is 3.47. The first-order valence-corrected chi connectivity index (χ1v) is 6.91. The highest BCUT2D eigenvalue weighted by Crippen LogP contribution is 2.30. The smallest absolute Gasteiger partial charge is 0.242 e. The van der Waals surface area contributed by atoms with Crippen LogP contribution >= 0.6 is 0 Å². The Morgan fingerprint density at radius 3 is 2.53 bits per heavy atom. The van der Waals surface area contributed by atoms with E-state index < -0.39 is 0 Å². The Balaban J connectivity index is 2.08. The Hall–Kier alpha value is -1.78. The molecule has 0 spiro atoms. The second-order valence-corrected chi connectivity index (χ2v) is 4.87. The Labute approximate surface area is 114 Å². The molecule has 0 unspecified atom stereocenters. The average molecular weight is 262 g/mol. The van der Waals surface area contributed by atoms with Crippen LogP contribution in [-0.4, -0.2) is 41.5 Å². The van der Waals surface area contributed by atoms with Crippen LogP contribution in [-0.2, 0) is 4.79 Å². The van der Waals surface area contributed by atoms with Crippen molar-refractivity contribution in [1.29, 1.82) is 0 Å². The average Bonchev–Trinajstić information content (AvgIpc) is 3.23. The van der Waals surface area contributed by atoms with Crippen molar-refractivity contribution in [2.75, 3.05) is 30.3 Å². The summed E-state index contributed by atoms with van der Waals surface area (Å²) in [4.78, 5) is 20.5. The quantitative estimate of drug-likeness (QED) is 0.844. The maximum Gasteiger partial charge on any atom is 0.242 e. The molecule has 5 heteroatoms. The molecule has 104 valence electrons. The van der Waals surface area contributed by atoms with E-state index in [1.54, 1.807) is 6.20 Å². The molecular weight excluding hydrogens is 240 g/mol. The zero-order chi connectivity index (χ0) is 13.8. The highest BCUT2D eigenvalue weighted by Gasteiger charge is 2.32. The van der Waals surface area contributed by atoms with Crippen molar-refractivity contribution >= 4 is 17.4 Å². The largest absolute Gasteiger partial charge is 0.397 e. The van der Waals surface area contributed by atoms with Gasteiger partial charge in [-0.05, 0) is 38.8 Å². The molecule has 1 aliphatic carbocycles. The first-order valence-electron chi connectivity index (χ1n) is 6.91. The second kappa shape index (κ2) is 5.91. The standard InChI is InChI=1S/C14H22N4O/c1-3-17(4-2)14(19)10-18(12-6-7-12)13-8-5-11(15)9-16-13/h5,8-9,12H,3-4,6-7,10,15H2,1-2H3. The number of carbonyl (C=O) groups excluding carboxylic acids is 1. The van der Waals surface area contributed by atoms with Crippen molar-refractivity contribution < 1.29 is 4.79 Å². The maximum atomic E-state index is 12.2. The van der Waals surface area contributed by atoms with E-state index in [-0.39, 0.29) is 5.91 Å². The molecule has 1 amide bonds. The minimum absolute atomic E-state index is 0.163. The van der Waals surface area contributed by atoms with Gasteiger partial charge in [-0.1, -0.05) is 0 Å². The lowest BCUT2D eigenvalue weighted by Crippen LogP contribution is -2.41. The van der Waals surface area contributed by atoms with Gasteiger partial charge in [0.25, 0.3) is 0 Å². The lowest BCUT2D eigenvalue weighted by atomic mass is 10.3. The van der Waals surface area contributed by atoms with E-state index in [0.29, 0.717) is 18.3 Å². The van der Waals surface area contributed by atoms with Gasteiger partial charge in [0.2, 0.25) is 5.91 Å². The zero-order valence-electron chi connectivity index (χ0n) is 11.7. The molecule has 5 nitrogen and oxygen atoms in total. The number of nitrogens with two attached hydrogens (primary N) is 1. The highest BCUT2D eigenvalue weighted by molar-refractivity contribution is 5.81. The summed E-state index contributed by atoms with van der Waals surface area (Å²) in [6.07, 6.45) is 3.92. The van der Waals surface area contributed by atoms with Gasteiger partial charge in [0.1, 0.15) is 5.82 Å². The number of nitrogen functional groups attached to an aromatic ring is 1.